The average molecular weight is 704 g/mol. The Bertz CT molecular complexity index is 2120. The molecule has 2 aromatic carbocycles. The predicted molar refractivity (Wildman–Crippen MR) is 214 cm³/mol. The zero-order valence-electron chi connectivity index (χ0n) is 31.6. The number of carbonyl (C=O) groups is 1. The third kappa shape index (κ3) is 8.59. The number of fused-ring (bicyclic) bond motifs is 2. The first-order valence-corrected chi connectivity index (χ1v) is 17.9. The fourth-order valence-electron chi connectivity index (χ4n) is 6.56. The fourth-order valence-corrected chi connectivity index (χ4v) is 6.56. The maximum Gasteiger partial charge on any atom is 0.306 e. The molecule has 276 valence electrons. The summed E-state index contributed by atoms with van der Waals surface area (Å²) in [7, 11) is 0. The number of nitrogens with zero attached hydrogens (tertiary/aromatic N) is 4. The lowest BCUT2D eigenvalue weighted by Gasteiger charge is -2.30. The summed E-state index contributed by atoms with van der Waals surface area (Å²) in [6.07, 6.45) is 6.72. The molecular weight excluding hydrogens is 647 g/mol. The number of nitrogens with one attached hydrogen (secondary N) is 2. The summed E-state index contributed by atoms with van der Waals surface area (Å²) in [5.41, 5.74) is 16.1. The second-order valence-electron chi connectivity index (χ2n) is 15.1. The van der Waals surface area contributed by atoms with Crippen LogP contribution in [-0.2, 0) is 20.4 Å². The molecule has 0 radical (unpaired) electrons. The molecule has 9 nitrogen and oxygen atoms in total. The van der Waals surface area contributed by atoms with Gasteiger partial charge in [0, 0.05) is 52.9 Å². The maximum absolute atomic E-state index is 12.3. The van der Waals surface area contributed by atoms with E-state index in [0.717, 1.165) is 69.4 Å². The van der Waals surface area contributed by atoms with Crippen LogP contribution in [0.5, 0.6) is 0 Å². The van der Waals surface area contributed by atoms with E-state index in [-0.39, 0.29) is 24.2 Å². The minimum Gasteiger partial charge on any atom is -0.460 e. The Morgan fingerprint density at radius 2 is 1.19 bits per heavy atom. The Morgan fingerprint density at radius 1 is 0.731 bits per heavy atom. The number of hydrogen-bond donors (Lipinski definition) is 3. The van der Waals surface area contributed by atoms with Crippen molar-refractivity contribution >= 4 is 28.0 Å². The number of H-pyrrole nitrogens is 2. The molecule has 0 amide bonds. The van der Waals surface area contributed by atoms with Crippen molar-refractivity contribution < 1.29 is 9.53 Å². The Morgan fingerprint density at radius 3 is 1.62 bits per heavy atom. The van der Waals surface area contributed by atoms with Crippen molar-refractivity contribution in [3.8, 4) is 22.3 Å². The van der Waals surface area contributed by atoms with E-state index in [1.165, 1.54) is 16.7 Å². The molecule has 4 aromatic heterocycles. The number of ether oxygens (including phenoxy) is 1. The molecule has 4 heterocycles. The lowest BCUT2D eigenvalue weighted by atomic mass is 9.75. The van der Waals surface area contributed by atoms with Gasteiger partial charge in [-0.1, -0.05) is 83.7 Å². The number of pyridine rings is 2. The maximum atomic E-state index is 12.3. The lowest BCUT2D eigenvalue weighted by molar-refractivity contribution is -0.155. The van der Waals surface area contributed by atoms with Crippen molar-refractivity contribution in [2.45, 2.75) is 112 Å². The minimum absolute atomic E-state index is 0. The van der Waals surface area contributed by atoms with Crippen LogP contribution in [0, 0.1) is 13.8 Å². The van der Waals surface area contributed by atoms with Crippen molar-refractivity contribution in [1.29, 1.82) is 0 Å². The minimum atomic E-state index is -0.450. The van der Waals surface area contributed by atoms with Gasteiger partial charge in [-0.25, -0.2) is 9.97 Å². The molecule has 0 aliphatic heterocycles. The molecule has 2 unspecified atom stereocenters. The second-order valence-corrected chi connectivity index (χ2v) is 15.1. The van der Waals surface area contributed by atoms with E-state index in [2.05, 4.69) is 113 Å². The van der Waals surface area contributed by atoms with Gasteiger partial charge >= 0.3 is 5.97 Å². The molecule has 4 N–H and O–H groups in total. The molecule has 0 saturated heterocycles. The van der Waals surface area contributed by atoms with Crippen LogP contribution >= 0.6 is 0 Å². The van der Waals surface area contributed by atoms with Crippen LogP contribution in [0.1, 0.15) is 104 Å². The monoisotopic (exact) mass is 703 g/mol. The highest BCUT2D eigenvalue weighted by atomic mass is 16.6. The number of rotatable bonds is 10. The molecule has 0 aliphatic rings. The van der Waals surface area contributed by atoms with E-state index in [1.807, 2.05) is 46.9 Å². The lowest BCUT2D eigenvalue weighted by Crippen LogP contribution is -2.30. The van der Waals surface area contributed by atoms with Crippen LogP contribution in [0.2, 0.25) is 0 Å². The van der Waals surface area contributed by atoms with Crippen LogP contribution in [-0.4, -0.2) is 48.5 Å². The molecule has 9 heteroatoms. The van der Waals surface area contributed by atoms with E-state index in [4.69, 9.17) is 10.5 Å². The van der Waals surface area contributed by atoms with Gasteiger partial charge in [-0.3, -0.25) is 15.0 Å². The third-order valence-corrected chi connectivity index (χ3v) is 10.3. The van der Waals surface area contributed by atoms with Crippen molar-refractivity contribution in [1.82, 2.24) is 30.4 Å². The van der Waals surface area contributed by atoms with Gasteiger partial charge in [-0.05, 0) is 105 Å². The molecule has 0 bridgehead atoms. The van der Waals surface area contributed by atoms with Crippen LogP contribution in [0.4, 0.5) is 0 Å². The SMILES string of the molecule is C.CCC(C)(CCC(=O)OC(C)(C)C)c1cccc(-c2ccnc3n[nH]c(C)c23)c1.CCC(C)(CN)c1cccc(-c2ccnc3n[nH]c(C)c23)c1. The quantitative estimate of drug-likeness (QED) is 0.121. The smallest absolute Gasteiger partial charge is 0.306 e. The first-order valence-electron chi connectivity index (χ1n) is 17.9. The van der Waals surface area contributed by atoms with Crippen molar-refractivity contribution in [2.24, 2.45) is 5.73 Å². The van der Waals surface area contributed by atoms with E-state index < -0.39 is 5.60 Å². The Kier molecular flexibility index (Phi) is 12.4. The average Bonchev–Trinajstić information content (AvgIpc) is 3.71. The zero-order valence-corrected chi connectivity index (χ0v) is 31.6. The van der Waals surface area contributed by atoms with Gasteiger partial charge in [-0.15, -0.1) is 0 Å². The summed E-state index contributed by atoms with van der Waals surface area (Å²) in [6, 6.07) is 21.3. The summed E-state index contributed by atoms with van der Waals surface area (Å²) >= 11 is 0. The molecule has 6 rings (SSSR count). The third-order valence-electron chi connectivity index (χ3n) is 10.3. The first-order chi connectivity index (χ1) is 24.2. The molecule has 0 saturated carbocycles. The summed E-state index contributed by atoms with van der Waals surface area (Å²) in [5.74, 6) is -0.141. The highest BCUT2D eigenvalue weighted by Gasteiger charge is 2.28. The number of esters is 1. The van der Waals surface area contributed by atoms with Gasteiger partial charge in [-0.2, -0.15) is 10.2 Å². The number of aromatic nitrogens is 6. The summed E-state index contributed by atoms with van der Waals surface area (Å²) in [6.45, 7) is 19.2. The normalized spacial score (nSPS) is 13.8. The predicted octanol–water partition coefficient (Wildman–Crippen LogP) is 9.92. The molecule has 6 aromatic rings. The Hall–Kier alpha value is -4.89. The van der Waals surface area contributed by atoms with Crippen molar-refractivity contribution in [3.05, 3.63) is 95.6 Å². The number of nitrogens with two attached hydrogens (primary N) is 1. The van der Waals surface area contributed by atoms with Gasteiger partial charge in [0.15, 0.2) is 11.3 Å². The van der Waals surface area contributed by atoms with Crippen LogP contribution in [0.25, 0.3) is 44.3 Å². The van der Waals surface area contributed by atoms with E-state index >= 15 is 0 Å². The number of hydrogen-bond acceptors (Lipinski definition) is 7. The molecule has 0 aliphatic carbocycles. The van der Waals surface area contributed by atoms with Crippen LogP contribution in [0.3, 0.4) is 0 Å². The zero-order chi connectivity index (χ0) is 37.0. The van der Waals surface area contributed by atoms with Crippen LogP contribution < -0.4 is 5.73 Å². The number of aryl methyl sites for hydroxylation is 2. The second kappa shape index (κ2) is 16.2. The number of carbonyl (C=O) groups excluding carboxylic acids is 1. The summed E-state index contributed by atoms with van der Waals surface area (Å²) in [5, 5.41) is 16.7. The molecule has 0 fully saturated rings. The Labute approximate surface area is 309 Å². The van der Waals surface area contributed by atoms with E-state index in [9.17, 15) is 4.79 Å². The number of aromatic amines is 2. The highest BCUT2D eigenvalue weighted by molar-refractivity contribution is 5.95. The molecule has 52 heavy (non-hydrogen) atoms. The molecule has 0 spiro atoms. The highest BCUT2D eigenvalue weighted by Crippen LogP contribution is 2.37. The standard InChI is InChI=1S/C24H31N3O2.C18H22N4.CH4/c1-7-24(6,13-11-20(28)29-23(3,4)5)18-10-8-9-17(15-18)19-12-14-25-22-21(19)16(2)26-27-22;1-4-18(3,11-19)14-7-5-6-13(10-14)15-8-9-20-17-16(15)12(2)21-22-17;/h8-10,12,14-15H,7,11,13H2,1-6H3,(H,25,26,27);5-10H,4,11,19H2,1-3H3,(H,20,21,22);1H4. The molecular formula is C43H57N7O2. The number of benzene rings is 2. The molecule has 2 atom stereocenters. The summed E-state index contributed by atoms with van der Waals surface area (Å²) in [4.78, 5) is 20.9. The van der Waals surface area contributed by atoms with E-state index in [0.29, 0.717) is 13.0 Å². The van der Waals surface area contributed by atoms with Gasteiger partial charge < -0.3 is 10.5 Å². The Balaban J connectivity index is 0.000000236. The summed E-state index contributed by atoms with van der Waals surface area (Å²) < 4.78 is 5.50. The van der Waals surface area contributed by atoms with E-state index in [1.54, 1.807) is 6.20 Å². The van der Waals surface area contributed by atoms with Gasteiger partial charge in [0.2, 0.25) is 0 Å². The van der Waals surface area contributed by atoms with Gasteiger partial charge in [0.25, 0.3) is 0 Å². The van der Waals surface area contributed by atoms with Gasteiger partial charge in [0.05, 0.1) is 0 Å². The largest absolute Gasteiger partial charge is 0.460 e. The van der Waals surface area contributed by atoms with Crippen LogP contribution in [0.15, 0.2) is 73.1 Å². The van der Waals surface area contributed by atoms with Gasteiger partial charge in [0.1, 0.15) is 5.60 Å². The topological polar surface area (TPSA) is 135 Å². The first kappa shape index (κ1) is 39.9. The van der Waals surface area contributed by atoms with Crippen molar-refractivity contribution in [2.75, 3.05) is 6.54 Å². The fraction of sp³-hybridized carbons (Fsp3) is 0.419. The van der Waals surface area contributed by atoms with Crippen molar-refractivity contribution in [3.63, 3.8) is 0 Å².